The molecular formula is C19H36N8O7S. The van der Waals surface area contributed by atoms with Gasteiger partial charge in [0.1, 0.15) is 18.1 Å². The van der Waals surface area contributed by atoms with Gasteiger partial charge in [0.05, 0.1) is 12.6 Å². The van der Waals surface area contributed by atoms with Crippen LogP contribution in [0.25, 0.3) is 0 Å². The zero-order chi connectivity index (χ0) is 27.0. The van der Waals surface area contributed by atoms with Gasteiger partial charge in [-0.2, -0.15) is 11.8 Å². The number of primary amides is 1. The molecule has 0 saturated carbocycles. The van der Waals surface area contributed by atoms with Crippen LogP contribution in [0.3, 0.4) is 0 Å². The van der Waals surface area contributed by atoms with E-state index in [0.717, 1.165) is 0 Å². The Bertz CT molecular complexity index is 763. The highest BCUT2D eigenvalue weighted by Crippen LogP contribution is 2.06. The van der Waals surface area contributed by atoms with Gasteiger partial charge >= 0.3 is 5.97 Å². The van der Waals surface area contributed by atoms with Crippen LogP contribution in [0.4, 0.5) is 0 Å². The smallest absolute Gasteiger partial charge is 0.328 e. The standard InChI is InChI=1S/C19H36N8O7S/c1-35-8-6-12(25-15(30)10(20)3-2-7-24-19(22)23)17(32)26-11(4-5-14(21)29)16(31)27-13(9-28)18(33)34/h10-13,28H,2-9,20H2,1H3,(H2,21,29)(H,25,30)(H,26,32)(H,27,31)(H,33,34)(H4,22,23,24). The van der Waals surface area contributed by atoms with Gasteiger partial charge in [-0.15, -0.1) is 0 Å². The molecule has 0 saturated heterocycles. The number of carbonyl (C=O) groups is 5. The van der Waals surface area contributed by atoms with E-state index in [0.29, 0.717) is 12.2 Å². The zero-order valence-electron chi connectivity index (χ0n) is 19.6. The first-order valence-electron chi connectivity index (χ1n) is 10.8. The molecule has 0 aromatic heterocycles. The highest BCUT2D eigenvalue weighted by molar-refractivity contribution is 7.98. The first kappa shape index (κ1) is 31.9. The summed E-state index contributed by atoms with van der Waals surface area (Å²) in [5.41, 5.74) is 21.5. The molecule has 0 rings (SSSR count). The van der Waals surface area contributed by atoms with Crippen molar-refractivity contribution >= 4 is 47.3 Å². The van der Waals surface area contributed by atoms with Crippen molar-refractivity contribution < 1.29 is 34.2 Å². The number of carboxylic acid groups (broad SMARTS) is 1. The lowest BCUT2D eigenvalue weighted by Crippen LogP contribution is -2.57. The fourth-order valence-electron chi connectivity index (χ4n) is 2.72. The number of aliphatic carboxylic acids is 1. The molecule has 0 aromatic carbocycles. The van der Waals surface area contributed by atoms with Crippen molar-refractivity contribution in [3.05, 3.63) is 0 Å². The molecule has 13 N–H and O–H groups in total. The van der Waals surface area contributed by atoms with Gasteiger partial charge in [-0.25, -0.2) is 4.79 Å². The Kier molecular flexibility index (Phi) is 15.8. The van der Waals surface area contributed by atoms with Gasteiger partial charge in [-0.1, -0.05) is 0 Å². The van der Waals surface area contributed by atoms with Crippen LogP contribution in [0.15, 0.2) is 4.99 Å². The van der Waals surface area contributed by atoms with Gasteiger partial charge in [-0.05, 0) is 37.7 Å². The molecule has 0 bridgehead atoms. The summed E-state index contributed by atoms with van der Waals surface area (Å²) in [4.78, 5) is 64.0. The van der Waals surface area contributed by atoms with Gasteiger partial charge in [-0.3, -0.25) is 24.2 Å². The number of carboxylic acids is 1. The molecule has 0 aliphatic carbocycles. The maximum absolute atomic E-state index is 12.9. The number of nitrogens with one attached hydrogen (secondary N) is 3. The monoisotopic (exact) mass is 520 g/mol. The van der Waals surface area contributed by atoms with Gasteiger partial charge in [0.25, 0.3) is 0 Å². The number of aliphatic imine (C=N–C) groups is 1. The molecule has 0 aliphatic heterocycles. The summed E-state index contributed by atoms with van der Waals surface area (Å²) in [5, 5.41) is 25.2. The van der Waals surface area contributed by atoms with E-state index >= 15 is 0 Å². The van der Waals surface area contributed by atoms with Gasteiger partial charge < -0.3 is 49.1 Å². The van der Waals surface area contributed by atoms with Crippen LogP contribution in [-0.2, 0) is 24.0 Å². The number of hydrogen-bond acceptors (Lipinski definition) is 9. The Balaban J connectivity index is 5.34. The van der Waals surface area contributed by atoms with Gasteiger partial charge in [0, 0.05) is 13.0 Å². The summed E-state index contributed by atoms with van der Waals surface area (Å²) >= 11 is 1.42. The minimum atomic E-state index is -1.61. The molecule has 0 heterocycles. The van der Waals surface area contributed by atoms with E-state index in [1.807, 2.05) is 0 Å². The normalized spacial score (nSPS) is 14.0. The number of thioether (sulfide) groups is 1. The highest BCUT2D eigenvalue weighted by atomic mass is 32.2. The summed E-state index contributed by atoms with van der Waals surface area (Å²) in [5.74, 6) is -4.09. The van der Waals surface area contributed by atoms with Crippen molar-refractivity contribution in [2.45, 2.75) is 56.3 Å². The third-order valence-corrected chi connectivity index (χ3v) is 5.30. The van der Waals surface area contributed by atoms with Crippen LogP contribution in [0, 0.1) is 0 Å². The lowest BCUT2D eigenvalue weighted by atomic mass is 10.1. The molecule has 35 heavy (non-hydrogen) atoms. The van der Waals surface area contributed by atoms with Crippen LogP contribution in [0.2, 0.25) is 0 Å². The van der Waals surface area contributed by atoms with E-state index in [9.17, 15) is 24.0 Å². The van der Waals surface area contributed by atoms with E-state index in [4.69, 9.17) is 33.1 Å². The van der Waals surface area contributed by atoms with Crippen LogP contribution >= 0.6 is 11.8 Å². The van der Waals surface area contributed by atoms with Crippen LogP contribution in [0.5, 0.6) is 0 Å². The van der Waals surface area contributed by atoms with Crippen molar-refractivity contribution in [1.29, 1.82) is 0 Å². The molecule has 0 radical (unpaired) electrons. The van der Waals surface area contributed by atoms with E-state index in [1.54, 1.807) is 6.26 Å². The molecular weight excluding hydrogens is 484 g/mol. The molecule has 16 heteroatoms. The molecule has 0 aromatic rings. The fourth-order valence-corrected chi connectivity index (χ4v) is 3.19. The summed E-state index contributed by atoms with van der Waals surface area (Å²) in [6.45, 7) is -0.605. The number of hydrogen-bond donors (Lipinski definition) is 9. The van der Waals surface area contributed by atoms with Gasteiger partial charge in [0.15, 0.2) is 5.96 Å². The number of aliphatic hydroxyl groups excluding tert-OH is 1. The van der Waals surface area contributed by atoms with Crippen molar-refractivity contribution in [2.24, 2.45) is 27.9 Å². The van der Waals surface area contributed by atoms with Crippen molar-refractivity contribution in [3.8, 4) is 0 Å². The third-order valence-electron chi connectivity index (χ3n) is 4.66. The number of rotatable bonds is 18. The highest BCUT2D eigenvalue weighted by Gasteiger charge is 2.30. The van der Waals surface area contributed by atoms with Crippen molar-refractivity contribution in [2.75, 3.05) is 25.2 Å². The number of nitrogens with two attached hydrogens (primary N) is 4. The molecule has 200 valence electrons. The summed E-state index contributed by atoms with van der Waals surface area (Å²) in [7, 11) is 0. The third kappa shape index (κ3) is 14.0. The topological polar surface area (TPSA) is 278 Å². The fraction of sp³-hybridized carbons (Fsp3) is 0.684. The Hall–Kier alpha value is -3.11. The predicted molar refractivity (Wildman–Crippen MR) is 130 cm³/mol. The predicted octanol–water partition coefficient (Wildman–Crippen LogP) is -4.08. The molecule has 4 amide bonds. The number of amides is 4. The average Bonchev–Trinajstić information content (AvgIpc) is 2.79. The van der Waals surface area contributed by atoms with Crippen LogP contribution in [-0.4, -0.2) is 95.1 Å². The zero-order valence-corrected chi connectivity index (χ0v) is 20.4. The summed E-state index contributed by atoms with van der Waals surface area (Å²) < 4.78 is 0. The van der Waals surface area contributed by atoms with E-state index in [-0.39, 0.29) is 38.2 Å². The Morgan fingerprint density at radius 3 is 1.91 bits per heavy atom. The second kappa shape index (κ2) is 17.3. The number of nitrogens with zero attached hydrogens (tertiary/aromatic N) is 1. The number of aliphatic hydroxyl groups is 1. The minimum Gasteiger partial charge on any atom is -0.480 e. The first-order chi connectivity index (χ1) is 16.4. The molecule has 0 fully saturated rings. The Morgan fingerprint density at radius 1 is 0.886 bits per heavy atom. The SMILES string of the molecule is CSCCC(NC(=O)C(N)CCCN=C(N)N)C(=O)NC(CCC(N)=O)C(=O)NC(CO)C(=O)O. The maximum Gasteiger partial charge on any atom is 0.328 e. The van der Waals surface area contributed by atoms with E-state index < -0.39 is 60.4 Å². The summed E-state index contributed by atoms with van der Waals surface area (Å²) in [6, 6.07) is -4.95. The Labute approximate surface area is 207 Å². The molecule has 0 aliphatic rings. The second-order valence-electron chi connectivity index (χ2n) is 7.55. The quantitative estimate of drug-likeness (QED) is 0.0475. The van der Waals surface area contributed by atoms with E-state index in [2.05, 4.69) is 20.9 Å². The lowest BCUT2D eigenvalue weighted by Gasteiger charge is -2.24. The van der Waals surface area contributed by atoms with Crippen molar-refractivity contribution in [3.63, 3.8) is 0 Å². The lowest BCUT2D eigenvalue weighted by molar-refractivity contribution is -0.143. The van der Waals surface area contributed by atoms with Gasteiger partial charge in [0.2, 0.25) is 23.6 Å². The first-order valence-corrected chi connectivity index (χ1v) is 12.1. The largest absolute Gasteiger partial charge is 0.480 e. The molecule has 4 unspecified atom stereocenters. The Morgan fingerprint density at radius 2 is 1.43 bits per heavy atom. The minimum absolute atomic E-state index is 0.0829. The molecule has 4 atom stereocenters. The summed E-state index contributed by atoms with van der Waals surface area (Å²) in [6.07, 6.45) is 2.18. The average molecular weight is 521 g/mol. The maximum atomic E-state index is 12.9. The van der Waals surface area contributed by atoms with Crippen molar-refractivity contribution in [1.82, 2.24) is 16.0 Å². The van der Waals surface area contributed by atoms with E-state index in [1.165, 1.54) is 11.8 Å². The number of guanidine groups is 1. The number of carbonyl (C=O) groups excluding carboxylic acids is 4. The van der Waals surface area contributed by atoms with Crippen LogP contribution in [0.1, 0.15) is 32.1 Å². The van der Waals surface area contributed by atoms with Crippen LogP contribution < -0.4 is 38.9 Å². The second-order valence-corrected chi connectivity index (χ2v) is 8.53. The molecule has 0 spiro atoms. The molecule has 15 nitrogen and oxygen atoms in total.